The van der Waals surface area contributed by atoms with Gasteiger partial charge in [-0.15, -0.1) is 0 Å². The number of fused-ring (bicyclic) bond motifs is 2. The van der Waals surface area contributed by atoms with Crippen molar-refractivity contribution in [2.24, 2.45) is 0 Å². The molecule has 2 heterocycles. The fourth-order valence-corrected chi connectivity index (χ4v) is 9.74. The minimum Gasteiger partial charge on any atom is -0.303 e. The first-order valence-corrected chi connectivity index (χ1v) is 16.9. The lowest BCUT2D eigenvalue weighted by Crippen LogP contribution is -2.44. The third kappa shape index (κ3) is 5.78. The molecular weight excluding hydrogens is 575 g/mol. The maximum absolute atomic E-state index is 13.2. The molecule has 2 aliphatic heterocycles. The first-order chi connectivity index (χ1) is 18.5. The van der Waals surface area contributed by atoms with Gasteiger partial charge in [0.05, 0.1) is 25.6 Å². The van der Waals surface area contributed by atoms with E-state index in [0.29, 0.717) is 27.9 Å². The van der Waals surface area contributed by atoms with Crippen molar-refractivity contribution in [2.45, 2.75) is 40.4 Å². The predicted octanol–water partition coefficient (Wildman–Crippen LogP) is 5.61. The Morgan fingerprint density at radius 1 is 0.949 bits per heavy atom. The standard InChI is InChI=1S/C29H32Cl2N2O4S2/c1-32(39(36,37)24-7-3-2-4-8-24)20-23(22-11-12-26(30)27(31)19-22)13-16-33-17-14-29(15-18-33)21-38(34,35)28-10-6-5-9-25(28)29/h2-12,19,23H,13-18,20-21H2,1H3/t23-/m1/s1. The van der Waals surface area contributed by atoms with Crippen molar-refractivity contribution < 1.29 is 16.8 Å². The highest BCUT2D eigenvalue weighted by Crippen LogP contribution is 2.46. The molecule has 1 spiro atoms. The van der Waals surface area contributed by atoms with Crippen LogP contribution in [0.2, 0.25) is 10.0 Å². The molecule has 2 aliphatic rings. The summed E-state index contributed by atoms with van der Waals surface area (Å²) in [7, 11) is -5.30. The normalized spacial score (nSPS) is 19.3. The summed E-state index contributed by atoms with van der Waals surface area (Å²) >= 11 is 12.5. The van der Waals surface area contributed by atoms with Gasteiger partial charge in [-0.3, -0.25) is 0 Å². The minimum absolute atomic E-state index is 0.105. The lowest BCUT2D eigenvalue weighted by molar-refractivity contribution is 0.165. The van der Waals surface area contributed by atoms with Crippen LogP contribution >= 0.6 is 23.2 Å². The zero-order valence-corrected chi connectivity index (χ0v) is 24.9. The first-order valence-electron chi connectivity index (χ1n) is 13.0. The molecule has 10 heteroatoms. The number of likely N-dealkylation sites (N-methyl/N-ethyl adjacent to an activating group) is 1. The zero-order valence-electron chi connectivity index (χ0n) is 21.8. The molecule has 3 aromatic rings. The van der Waals surface area contributed by atoms with Crippen LogP contribution in [0, 0.1) is 0 Å². The van der Waals surface area contributed by atoms with Crippen molar-refractivity contribution in [3.05, 3.63) is 94.0 Å². The van der Waals surface area contributed by atoms with Gasteiger partial charge < -0.3 is 4.90 Å². The Bertz CT molecular complexity index is 1560. The fraction of sp³-hybridized carbons (Fsp3) is 0.379. The van der Waals surface area contributed by atoms with Gasteiger partial charge in [0, 0.05) is 19.0 Å². The maximum Gasteiger partial charge on any atom is 0.242 e. The van der Waals surface area contributed by atoms with E-state index in [1.165, 1.54) is 4.31 Å². The number of halogens is 2. The molecule has 0 N–H and O–H groups in total. The van der Waals surface area contributed by atoms with E-state index in [1.807, 2.05) is 24.3 Å². The molecule has 0 saturated carbocycles. The Balaban J connectivity index is 1.30. The molecule has 208 valence electrons. The summed E-state index contributed by atoms with van der Waals surface area (Å²) in [6, 6.07) is 21.3. The first kappa shape index (κ1) is 28.6. The minimum atomic E-state index is -3.65. The van der Waals surface area contributed by atoms with Crippen LogP contribution in [-0.2, 0) is 25.3 Å². The molecule has 0 aliphatic carbocycles. The van der Waals surface area contributed by atoms with Crippen molar-refractivity contribution in [3.63, 3.8) is 0 Å². The topological polar surface area (TPSA) is 74.8 Å². The number of nitrogens with zero attached hydrogens (tertiary/aromatic N) is 2. The summed E-state index contributed by atoms with van der Waals surface area (Å²) in [5.41, 5.74) is 1.58. The van der Waals surface area contributed by atoms with E-state index < -0.39 is 19.9 Å². The SMILES string of the molecule is CN(C[C@@H](CCN1CCC2(CC1)CS(=O)(=O)c1ccccc12)c1ccc(Cl)c(Cl)c1)S(=O)(=O)c1ccccc1. The van der Waals surface area contributed by atoms with Gasteiger partial charge in [-0.05, 0) is 86.3 Å². The Morgan fingerprint density at radius 2 is 1.62 bits per heavy atom. The van der Waals surface area contributed by atoms with Crippen LogP contribution in [0.5, 0.6) is 0 Å². The second-order valence-electron chi connectivity index (χ2n) is 10.6. The van der Waals surface area contributed by atoms with Gasteiger partial charge in [0.15, 0.2) is 9.84 Å². The van der Waals surface area contributed by atoms with E-state index in [2.05, 4.69) is 4.90 Å². The zero-order chi connectivity index (χ0) is 27.8. The third-order valence-electron chi connectivity index (χ3n) is 8.21. The highest BCUT2D eigenvalue weighted by Gasteiger charge is 2.48. The molecule has 3 aromatic carbocycles. The Labute approximate surface area is 241 Å². The van der Waals surface area contributed by atoms with Crippen LogP contribution < -0.4 is 0 Å². The monoisotopic (exact) mass is 606 g/mol. The van der Waals surface area contributed by atoms with E-state index in [0.717, 1.165) is 43.6 Å². The van der Waals surface area contributed by atoms with E-state index >= 15 is 0 Å². The van der Waals surface area contributed by atoms with Crippen LogP contribution in [0.4, 0.5) is 0 Å². The molecule has 0 unspecified atom stereocenters. The number of piperidine rings is 1. The third-order valence-corrected chi connectivity index (χ3v) is 12.7. The van der Waals surface area contributed by atoms with Gasteiger partial charge in [-0.2, -0.15) is 0 Å². The average Bonchev–Trinajstić information content (AvgIpc) is 3.15. The summed E-state index contributed by atoms with van der Waals surface area (Å²) in [5.74, 6) is 0.0769. The number of benzene rings is 3. The van der Waals surface area contributed by atoms with Crippen molar-refractivity contribution >= 4 is 43.1 Å². The number of sulfone groups is 1. The molecule has 5 rings (SSSR count). The van der Waals surface area contributed by atoms with Gasteiger partial charge in [-0.25, -0.2) is 21.1 Å². The van der Waals surface area contributed by atoms with E-state index in [-0.39, 0.29) is 22.0 Å². The van der Waals surface area contributed by atoms with Gasteiger partial charge in [0.25, 0.3) is 0 Å². The van der Waals surface area contributed by atoms with Gasteiger partial charge in [0.2, 0.25) is 10.0 Å². The lowest BCUT2D eigenvalue weighted by Gasteiger charge is -2.39. The largest absolute Gasteiger partial charge is 0.303 e. The molecule has 0 amide bonds. The summed E-state index contributed by atoms with van der Waals surface area (Å²) in [6.45, 7) is 2.62. The lowest BCUT2D eigenvalue weighted by atomic mass is 9.74. The maximum atomic E-state index is 13.2. The summed E-state index contributed by atoms with van der Waals surface area (Å²) in [5, 5.41) is 0.895. The van der Waals surface area contributed by atoms with Gasteiger partial charge in [-0.1, -0.05) is 65.7 Å². The van der Waals surface area contributed by atoms with E-state index in [9.17, 15) is 16.8 Å². The molecule has 6 nitrogen and oxygen atoms in total. The van der Waals surface area contributed by atoms with Gasteiger partial charge >= 0.3 is 0 Å². The number of rotatable bonds is 8. The summed E-state index contributed by atoms with van der Waals surface area (Å²) in [4.78, 5) is 3.10. The second-order valence-corrected chi connectivity index (χ2v) is 15.5. The molecule has 1 atom stereocenters. The van der Waals surface area contributed by atoms with Crippen LogP contribution in [0.25, 0.3) is 0 Å². The van der Waals surface area contributed by atoms with Crippen LogP contribution in [0.3, 0.4) is 0 Å². The molecule has 39 heavy (non-hydrogen) atoms. The van der Waals surface area contributed by atoms with Crippen molar-refractivity contribution in [2.75, 3.05) is 39.0 Å². The predicted molar refractivity (Wildman–Crippen MR) is 156 cm³/mol. The highest BCUT2D eigenvalue weighted by atomic mass is 35.5. The van der Waals surface area contributed by atoms with Crippen LogP contribution in [0.1, 0.15) is 36.3 Å². The van der Waals surface area contributed by atoms with Crippen LogP contribution in [-0.4, -0.2) is 65.0 Å². The average molecular weight is 608 g/mol. The quantitative estimate of drug-likeness (QED) is 0.333. The van der Waals surface area contributed by atoms with Crippen molar-refractivity contribution in [3.8, 4) is 0 Å². The highest BCUT2D eigenvalue weighted by molar-refractivity contribution is 7.91. The molecule has 0 aromatic heterocycles. The van der Waals surface area contributed by atoms with Gasteiger partial charge in [0.1, 0.15) is 0 Å². The smallest absolute Gasteiger partial charge is 0.242 e. The van der Waals surface area contributed by atoms with Crippen molar-refractivity contribution in [1.29, 1.82) is 0 Å². The van der Waals surface area contributed by atoms with Crippen molar-refractivity contribution in [1.82, 2.24) is 9.21 Å². The summed E-state index contributed by atoms with van der Waals surface area (Å²) in [6.07, 6.45) is 2.28. The number of hydrogen-bond donors (Lipinski definition) is 0. The number of sulfonamides is 1. The number of likely N-dealkylation sites (tertiary alicyclic amines) is 1. The molecular formula is C29H32Cl2N2O4S2. The van der Waals surface area contributed by atoms with E-state index in [1.54, 1.807) is 55.6 Å². The number of hydrogen-bond acceptors (Lipinski definition) is 5. The Kier molecular flexibility index (Phi) is 8.17. The molecule has 1 saturated heterocycles. The Morgan fingerprint density at radius 3 is 2.31 bits per heavy atom. The molecule has 1 fully saturated rings. The second kappa shape index (κ2) is 11.1. The summed E-state index contributed by atoms with van der Waals surface area (Å²) < 4.78 is 53.5. The van der Waals surface area contributed by atoms with Crippen LogP contribution in [0.15, 0.2) is 82.6 Å². The molecule has 0 bridgehead atoms. The Hall–Kier alpha value is -1.94. The fourth-order valence-electron chi connectivity index (χ4n) is 5.96. The van der Waals surface area contributed by atoms with E-state index in [4.69, 9.17) is 23.2 Å². The molecule has 0 radical (unpaired) electrons.